The van der Waals surface area contributed by atoms with E-state index in [1.54, 1.807) is 26.0 Å². The van der Waals surface area contributed by atoms with Gasteiger partial charge in [0, 0.05) is 29.8 Å². The molecule has 1 aromatic heterocycles. The number of H-pyrrole nitrogens is 1. The molecule has 2 aliphatic rings. The monoisotopic (exact) mass is 454 g/mol. The van der Waals surface area contributed by atoms with Gasteiger partial charge in [0.25, 0.3) is 0 Å². The third-order valence-electron chi connectivity index (χ3n) is 6.43. The molecule has 0 radical (unpaired) electrons. The second kappa shape index (κ2) is 8.01. The smallest absolute Gasteiger partial charge is 0.163 e. The first kappa shape index (κ1) is 21.2. The van der Waals surface area contributed by atoms with Crippen LogP contribution in [0.1, 0.15) is 38.1 Å². The molecule has 168 valence electrons. The van der Waals surface area contributed by atoms with Crippen LogP contribution in [0.25, 0.3) is 15.9 Å². The maximum atomic E-state index is 13.4. The number of benzene rings is 2. The molecule has 0 bridgehead atoms. The number of halogens is 1. The quantitative estimate of drug-likeness (QED) is 0.562. The van der Waals surface area contributed by atoms with Crippen molar-refractivity contribution in [2.24, 2.45) is 0 Å². The molecular weight excluding hydrogens is 427 g/mol. The molecule has 3 heterocycles. The highest BCUT2D eigenvalue weighted by Gasteiger charge is 2.45. The first-order chi connectivity index (χ1) is 15.4. The van der Waals surface area contributed by atoms with Crippen molar-refractivity contribution in [1.29, 1.82) is 0 Å². The van der Waals surface area contributed by atoms with Gasteiger partial charge in [0.2, 0.25) is 0 Å². The number of thioether (sulfide) groups is 1. The third kappa shape index (κ3) is 3.42. The van der Waals surface area contributed by atoms with E-state index in [1.165, 1.54) is 12.1 Å². The summed E-state index contributed by atoms with van der Waals surface area (Å²) in [4.78, 5) is 9.64. The number of aromatic amines is 1. The van der Waals surface area contributed by atoms with Gasteiger partial charge in [-0.1, -0.05) is 23.9 Å². The summed E-state index contributed by atoms with van der Waals surface area (Å²) in [5.41, 5.74) is 2.55. The molecule has 3 aromatic rings. The van der Waals surface area contributed by atoms with Crippen LogP contribution in [0, 0.1) is 5.82 Å². The Hall–Kier alpha value is -2.71. The number of hydrazine groups is 1. The molecule has 0 aliphatic carbocycles. The minimum absolute atomic E-state index is 0.215. The number of fused-ring (bicyclic) bond motifs is 1. The van der Waals surface area contributed by atoms with Gasteiger partial charge in [-0.05, 0) is 44.4 Å². The first-order valence-electron chi connectivity index (χ1n) is 10.8. The van der Waals surface area contributed by atoms with Crippen LogP contribution in [-0.2, 0) is 5.54 Å². The highest BCUT2D eigenvalue weighted by atomic mass is 32.2. The van der Waals surface area contributed by atoms with Gasteiger partial charge < -0.3 is 14.5 Å². The fourth-order valence-corrected chi connectivity index (χ4v) is 5.76. The Morgan fingerprint density at radius 2 is 1.88 bits per heavy atom. The summed E-state index contributed by atoms with van der Waals surface area (Å²) in [7, 11) is 3.27. The van der Waals surface area contributed by atoms with E-state index >= 15 is 0 Å². The normalized spacial score (nSPS) is 23.7. The number of aromatic nitrogens is 2. The maximum Gasteiger partial charge on any atom is 0.163 e. The van der Waals surface area contributed by atoms with Gasteiger partial charge in [0.05, 0.1) is 36.2 Å². The van der Waals surface area contributed by atoms with Crippen LogP contribution >= 0.6 is 11.8 Å². The van der Waals surface area contributed by atoms with Crippen molar-refractivity contribution in [2.75, 3.05) is 20.8 Å². The standard InChI is InChI=1S/C24H27FN4O2S/c1-15-28(14-22(32-15)16-6-8-17(25)9-7-16)29-11-5-10-24(29,2)23-26-18-12-20(30-3)21(31-4)13-19(18)27-23/h6-9,12-15H,5,10-11H2,1-4H3,(H,26,27)/t15?,24-/m0/s1. The molecule has 2 aromatic carbocycles. The lowest BCUT2D eigenvalue weighted by Gasteiger charge is -2.41. The Labute approximate surface area is 191 Å². The molecule has 0 spiro atoms. The number of ether oxygens (including phenoxy) is 2. The van der Waals surface area contributed by atoms with Gasteiger partial charge in [-0.25, -0.2) is 14.4 Å². The lowest BCUT2D eigenvalue weighted by molar-refractivity contribution is -0.0492. The molecule has 1 fully saturated rings. The van der Waals surface area contributed by atoms with Crippen LogP contribution in [-0.4, -0.2) is 46.1 Å². The molecule has 0 amide bonds. The molecule has 1 unspecified atom stereocenters. The number of rotatable bonds is 5. The zero-order valence-corrected chi connectivity index (χ0v) is 19.5. The number of hydrogen-bond donors (Lipinski definition) is 1. The number of imidazole rings is 1. The molecular formula is C24H27FN4O2S. The second-order valence-corrected chi connectivity index (χ2v) is 9.77. The Morgan fingerprint density at radius 3 is 2.59 bits per heavy atom. The van der Waals surface area contributed by atoms with Gasteiger partial charge in [0.15, 0.2) is 11.5 Å². The number of methoxy groups -OCH3 is 2. The molecule has 1 N–H and O–H groups in total. The van der Waals surface area contributed by atoms with Crippen LogP contribution in [0.3, 0.4) is 0 Å². The summed E-state index contributed by atoms with van der Waals surface area (Å²) in [5.74, 6) is 2.07. The van der Waals surface area contributed by atoms with Gasteiger partial charge in [-0.15, -0.1) is 0 Å². The summed E-state index contributed by atoms with van der Waals surface area (Å²) in [6, 6.07) is 10.6. The van der Waals surface area contributed by atoms with Crippen molar-refractivity contribution >= 4 is 27.7 Å². The zero-order chi connectivity index (χ0) is 22.5. The van der Waals surface area contributed by atoms with E-state index < -0.39 is 0 Å². The van der Waals surface area contributed by atoms with Crippen molar-refractivity contribution in [3.63, 3.8) is 0 Å². The fraction of sp³-hybridized carbons (Fsp3) is 0.375. The Morgan fingerprint density at radius 1 is 1.16 bits per heavy atom. The van der Waals surface area contributed by atoms with Crippen molar-refractivity contribution in [3.8, 4) is 11.5 Å². The largest absolute Gasteiger partial charge is 0.493 e. The average molecular weight is 455 g/mol. The second-order valence-electron chi connectivity index (χ2n) is 8.41. The highest BCUT2D eigenvalue weighted by Crippen LogP contribution is 2.46. The van der Waals surface area contributed by atoms with Gasteiger partial charge in [-0.2, -0.15) is 0 Å². The van der Waals surface area contributed by atoms with Crippen LogP contribution in [0.4, 0.5) is 4.39 Å². The third-order valence-corrected chi connectivity index (χ3v) is 7.58. The molecule has 2 aliphatic heterocycles. The predicted molar refractivity (Wildman–Crippen MR) is 126 cm³/mol. The van der Waals surface area contributed by atoms with Crippen molar-refractivity contribution in [2.45, 2.75) is 37.6 Å². The molecule has 6 nitrogen and oxygen atoms in total. The average Bonchev–Trinajstić information content (AvgIpc) is 3.49. The fourth-order valence-electron chi connectivity index (χ4n) is 4.67. The highest BCUT2D eigenvalue weighted by molar-refractivity contribution is 8.09. The van der Waals surface area contributed by atoms with Crippen molar-refractivity contribution < 1.29 is 13.9 Å². The number of nitrogens with zero attached hydrogens (tertiary/aromatic N) is 3. The summed E-state index contributed by atoms with van der Waals surface area (Å²) >= 11 is 1.79. The van der Waals surface area contributed by atoms with E-state index in [9.17, 15) is 4.39 Å². The molecule has 0 saturated carbocycles. The van der Waals surface area contributed by atoms with E-state index in [0.29, 0.717) is 11.5 Å². The van der Waals surface area contributed by atoms with Gasteiger partial charge >= 0.3 is 0 Å². The Balaban J connectivity index is 1.50. The molecule has 32 heavy (non-hydrogen) atoms. The van der Waals surface area contributed by atoms with Crippen molar-refractivity contribution in [3.05, 3.63) is 59.8 Å². The molecule has 2 atom stereocenters. The van der Waals surface area contributed by atoms with Gasteiger partial charge in [-0.3, -0.25) is 5.01 Å². The minimum Gasteiger partial charge on any atom is -0.493 e. The zero-order valence-electron chi connectivity index (χ0n) is 18.7. The van der Waals surface area contributed by atoms with E-state index in [2.05, 4.69) is 35.0 Å². The van der Waals surface area contributed by atoms with Crippen molar-refractivity contribution in [1.82, 2.24) is 20.0 Å². The number of nitrogens with one attached hydrogen (secondary N) is 1. The number of hydrogen-bond acceptors (Lipinski definition) is 6. The summed E-state index contributed by atoms with van der Waals surface area (Å²) < 4.78 is 24.3. The van der Waals surface area contributed by atoms with Crippen LogP contribution < -0.4 is 9.47 Å². The van der Waals surface area contributed by atoms with Gasteiger partial charge in [0.1, 0.15) is 11.6 Å². The predicted octanol–water partition coefficient (Wildman–Crippen LogP) is 5.34. The lowest BCUT2D eigenvalue weighted by atomic mass is 9.99. The van der Waals surface area contributed by atoms with Crippen LogP contribution in [0.5, 0.6) is 11.5 Å². The summed E-state index contributed by atoms with van der Waals surface area (Å²) in [6.45, 7) is 5.39. The Bertz CT molecular complexity index is 1140. The summed E-state index contributed by atoms with van der Waals surface area (Å²) in [5, 5.41) is 4.95. The molecule has 8 heteroatoms. The first-order valence-corrected chi connectivity index (χ1v) is 11.6. The topological polar surface area (TPSA) is 53.6 Å². The summed E-state index contributed by atoms with van der Waals surface area (Å²) in [6.07, 6.45) is 4.25. The van der Waals surface area contributed by atoms with E-state index in [0.717, 1.165) is 46.7 Å². The minimum atomic E-state index is -0.275. The maximum absolute atomic E-state index is 13.4. The molecule has 5 rings (SSSR count). The van der Waals surface area contributed by atoms with Crippen LogP contribution in [0.15, 0.2) is 42.6 Å². The van der Waals surface area contributed by atoms with E-state index in [-0.39, 0.29) is 16.7 Å². The van der Waals surface area contributed by atoms with Crippen LogP contribution in [0.2, 0.25) is 0 Å². The lowest BCUT2D eigenvalue weighted by Crippen LogP contribution is -2.50. The Kier molecular flexibility index (Phi) is 5.29. The van der Waals surface area contributed by atoms with E-state index in [1.807, 2.05) is 24.3 Å². The van der Waals surface area contributed by atoms with E-state index in [4.69, 9.17) is 14.5 Å². The molecule has 1 saturated heterocycles. The SMILES string of the molecule is COc1cc2nc([C@]3(C)CCCN3N3C=C(c4ccc(F)cc4)SC3C)[nH]c2cc1OC.